The summed E-state index contributed by atoms with van der Waals surface area (Å²) in [6, 6.07) is 13.2. The van der Waals surface area contributed by atoms with E-state index in [2.05, 4.69) is 6.92 Å². The molecule has 0 atom stereocenters. The minimum atomic E-state index is -0.551. The number of fused-ring (bicyclic) bond motifs is 1. The van der Waals surface area contributed by atoms with Crippen molar-refractivity contribution < 1.29 is 19.8 Å². The lowest BCUT2D eigenvalue weighted by Crippen LogP contribution is -2.33. The molecule has 1 aliphatic heterocycles. The first-order chi connectivity index (χ1) is 14.6. The van der Waals surface area contributed by atoms with Gasteiger partial charge in [0, 0.05) is 12.0 Å². The maximum absolute atomic E-state index is 13.1. The van der Waals surface area contributed by atoms with Gasteiger partial charge in [0.1, 0.15) is 11.5 Å². The molecule has 0 saturated heterocycles. The van der Waals surface area contributed by atoms with Crippen LogP contribution in [0.4, 0.5) is 5.69 Å². The number of amides is 2. The molecule has 0 aliphatic carbocycles. The number of unbranched alkanes of at least 4 members (excludes halogenated alkanes) is 6. The van der Waals surface area contributed by atoms with Crippen LogP contribution in [0.2, 0.25) is 0 Å². The Kier molecular flexibility index (Phi) is 7.28. The van der Waals surface area contributed by atoms with E-state index in [9.17, 15) is 19.8 Å². The Hall–Kier alpha value is -3.08. The van der Waals surface area contributed by atoms with E-state index in [1.54, 1.807) is 36.4 Å². The highest BCUT2D eigenvalue weighted by molar-refractivity contribution is 6.43. The van der Waals surface area contributed by atoms with Crippen molar-refractivity contribution in [1.82, 2.24) is 0 Å². The molecule has 5 heteroatoms. The van der Waals surface area contributed by atoms with Crippen molar-refractivity contribution in [3.8, 4) is 5.75 Å². The van der Waals surface area contributed by atoms with Gasteiger partial charge in [-0.25, -0.2) is 4.90 Å². The van der Waals surface area contributed by atoms with Crippen LogP contribution in [0.1, 0.15) is 69.4 Å². The molecule has 2 aromatic carbocycles. The Labute approximate surface area is 177 Å². The zero-order valence-electron chi connectivity index (χ0n) is 17.4. The molecule has 5 nitrogen and oxygen atoms in total. The first-order valence-electron chi connectivity index (χ1n) is 10.7. The number of imide groups is 1. The van der Waals surface area contributed by atoms with Gasteiger partial charge in [0.2, 0.25) is 5.91 Å². The first-order valence-corrected chi connectivity index (χ1v) is 10.7. The maximum atomic E-state index is 13.1. The summed E-state index contributed by atoms with van der Waals surface area (Å²) in [4.78, 5) is 27.2. The van der Waals surface area contributed by atoms with E-state index >= 15 is 0 Å². The van der Waals surface area contributed by atoms with E-state index in [1.807, 2.05) is 0 Å². The second kappa shape index (κ2) is 10.1. The Balaban J connectivity index is 1.78. The number of rotatable bonds is 9. The molecule has 2 N–H and O–H groups in total. The van der Waals surface area contributed by atoms with Crippen LogP contribution in [0.5, 0.6) is 5.75 Å². The molecule has 1 heterocycles. The quantitative estimate of drug-likeness (QED) is 0.311. The first kappa shape index (κ1) is 21.6. The largest absolute Gasteiger partial charge is 0.507 e. The number of para-hydroxylation sites is 2. The molecule has 2 amide bonds. The van der Waals surface area contributed by atoms with Crippen LogP contribution in [0, 0.1) is 0 Å². The van der Waals surface area contributed by atoms with Crippen molar-refractivity contribution in [1.29, 1.82) is 0 Å². The molecule has 3 rings (SSSR count). The lowest BCUT2D eigenvalue weighted by atomic mass is 10.0. The van der Waals surface area contributed by atoms with Gasteiger partial charge in [-0.15, -0.1) is 0 Å². The number of aliphatic hydroxyl groups excluding tert-OH is 1. The van der Waals surface area contributed by atoms with Crippen LogP contribution >= 0.6 is 0 Å². The predicted octanol–water partition coefficient (Wildman–Crippen LogP) is 5.83. The number of hydrogen-bond acceptors (Lipinski definition) is 4. The number of benzene rings is 2. The van der Waals surface area contributed by atoms with Crippen LogP contribution in [-0.2, 0) is 9.59 Å². The van der Waals surface area contributed by atoms with E-state index in [-0.39, 0.29) is 28.6 Å². The smallest absolute Gasteiger partial charge is 0.269 e. The fraction of sp³-hybridized carbons (Fsp3) is 0.360. The van der Waals surface area contributed by atoms with Crippen molar-refractivity contribution in [3.05, 3.63) is 59.7 Å². The van der Waals surface area contributed by atoms with Gasteiger partial charge < -0.3 is 10.2 Å². The third-order valence-electron chi connectivity index (χ3n) is 5.47. The molecule has 158 valence electrons. The SMILES string of the molecule is CCCCCCCCCC(=O)N1C(=O)C(=C(O)c2ccccc2O)c2ccccc21. The zero-order chi connectivity index (χ0) is 21.5. The van der Waals surface area contributed by atoms with E-state index in [1.165, 1.54) is 37.8 Å². The number of aromatic hydroxyl groups is 1. The van der Waals surface area contributed by atoms with Gasteiger partial charge in [-0.05, 0) is 24.6 Å². The molecule has 1 aliphatic rings. The van der Waals surface area contributed by atoms with Crippen LogP contribution in [0.3, 0.4) is 0 Å². The van der Waals surface area contributed by atoms with Crippen LogP contribution in [0.25, 0.3) is 11.3 Å². The molecular formula is C25H29NO4. The molecule has 2 aromatic rings. The molecule has 0 fully saturated rings. The molecule has 0 unspecified atom stereocenters. The Morgan fingerprint density at radius 1 is 0.900 bits per heavy atom. The number of anilines is 1. The van der Waals surface area contributed by atoms with Crippen molar-refractivity contribution >= 4 is 28.8 Å². The number of nitrogens with zero attached hydrogens (tertiary/aromatic N) is 1. The molecule has 0 aromatic heterocycles. The summed E-state index contributed by atoms with van der Waals surface area (Å²) in [6.07, 6.45) is 7.94. The molecule has 0 radical (unpaired) electrons. The number of phenolic OH excluding ortho intramolecular Hbond substituents is 1. The van der Waals surface area contributed by atoms with E-state index in [4.69, 9.17) is 0 Å². The highest BCUT2D eigenvalue weighted by Gasteiger charge is 2.38. The minimum Gasteiger partial charge on any atom is -0.507 e. The van der Waals surface area contributed by atoms with Crippen LogP contribution < -0.4 is 4.90 Å². The van der Waals surface area contributed by atoms with Crippen LogP contribution in [-0.4, -0.2) is 22.0 Å². The van der Waals surface area contributed by atoms with Crippen molar-refractivity contribution in [3.63, 3.8) is 0 Å². The van der Waals surface area contributed by atoms with Gasteiger partial charge in [-0.3, -0.25) is 9.59 Å². The van der Waals surface area contributed by atoms with E-state index < -0.39 is 5.91 Å². The van der Waals surface area contributed by atoms with Gasteiger partial charge in [-0.1, -0.05) is 75.8 Å². The molecular weight excluding hydrogens is 378 g/mol. The highest BCUT2D eigenvalue weighted by Crippen LogP contribution is 2.41. The predicted molar refractivity (Wildman–Crippen MR) is 119 cm³/mol. The fourth-order valence-corrected chi connectivity index (χ4v) is 3.85. The van der Waals surface area contributed by atoms with Gasteiger partial charge in [-0.2, -0.15) is 0 Å². The normalized spacial score (nSPS) is 14.7. The number of aliphatic hydroxyl groups is 1. The fourth-order valence-electron chi connectivity index (χ4n) is 3.85. The summed E-state index contributed by atoms with van der Waals surface area (Å²) >= 11 is 0. The Morgan fingerprint density at radius 3 is 2.27 bits per heavy atom. The number of carbonyl (C=O) groups is 2. The summed E-state index contributed by atoms with van der Waals surface area (Å²) in [6.45, 7) is 2.18. The maximum Gasteiger partial charge on any atom is 0.269 e. The van der Waals surface area contributed by atoms with E-state index in [0.29, 0.717) is 17.7 Å². The highest BCUT2D eigenvalue weighted by atomic mass is 16.3. The lowest BCUT2D eigenvalue weighted by Gasteiger charge is -2.15. The number of hydrogen-bond donors (Lipinski definition) is 2. The van der Waals surface area contributed by atoms with Gasteiger partial charge >= 0.3 is 0 Å². The van der Waals surface area contributed by atoms with Crippen molar-refractivity contribution in [2.45, 2.75) is 58.3 Å². The molecule has 0 bridgehead atoms. The Bertz CT molecular complexity index is 948. The third-order valence-corrected chi connectivity index (χ3v) is 5.47. The minimum absolute atomic E-state index is 0.0417. The monoisotopic (exact) mass is 407 g/mol. The summed E-state index contributed by atoms with van der Waals surface area (Å²) < 4.78 is 0. The van der Waals surface area contributed by atoms with Gasteiger partial charge in [0.25, 0.3) is 5.91 Å². The average Bonchev–Trinajstić information content (AvgIpc) is 3.04. The summed E-state index contributed by atoms with van der Waals surface area (Å²) in [5, 5.41) is 20.9. The summed E-state index contributed by atoms with van der Waals surface area (Å²) in [5.74, 6) is -1.26. The van der Waals surface area contributed by atoms with Crippen LogP contribution in [0.15, 0.2) is 48.5 Å². The third kappa shape index (κ3) is 4.56. The molecule has 0 saturated carbocycles. The zero-order valence-corrected chi connectivity index (χ0v) is 17.4. The van der Waals surface area contributed by atoms with Gasteiger partial charge in [0.05, 0.1) is 16.8 Å². The standard InChI is InChI=1S/C25H29NO4/c1-2-3-4-5-6-7-8-17-22(28)26-20-15-11-9-13-18(20)23(25(26)30)24(29)19-14-10-12-16-21(19)27/h9-16,27,29H,2-8,17H2,1H3. The number of carbonyl (C=O) groups excluding carboxylic acids is 2. The van der Waals surface area contributed by atoms with E-state index in [0.717, 1.165) is 24.2 Å². The summed E-state index contributed by atoms with van der Waals surface area (Å²) in [7, 11) is 0. The second-order valence-electron chi connectivity index (χ2n) is 7.66. The Morgan fingerprint density at radius 2 is 1.53 bits per heavy atom. The van der Waals surface area contributed by atoms with Crippen molar-refractivity contribution in [2.24, 2.45) is 0 Å². The summed E-state index contributed by atoms with van der Waals surface area (Å²) in [5.41, 5.74) is 1.18. The topological polar surface area (TPSA) is 77.8 Å². The molecule has 0 spiro atoms. The second-order valence-corrected chi connectivity index (χ2v) is 7.66. The lowest BCUT2D eigenvalue weighted by molar-refractivity contribution is -0.123. The number of phenols is 1. The average molecular weight is 408 g/mol. The van der Waals surface area contributed by atoms with Gasteiger partial charge in [0.15, 0.2) is 0 Å². The van der Waals surface area contributed by atoms with Crippen molar-refractivity contribution in [2.75, 3.05) is 4.90 Å². The molecule has 30 heavy (non-hydrogen) atoms.